The Bertz CT molecular complexity index is 1830. The molecule has 3 aromatic rings. The highest BCUT2D eigenvalue weighted by atomic mass is 35.5. The van der Waals surface area contributed by atoms with E-state index in [1.165, 1.54) is 11.2 Å². The van der Waals surface area contributed by atoms with Crippen molar-refractivity contribution in [3.8, 4) is 11.3 Å². The number of ether oxygens (including phenoxy) is 1. The van der Waals surface area contributed by atoms with Crippen molar-refractivity contribution in [3.63, 3.8) is 0 Å². The summed E-state index contributed by atoms with van der Waals surface area (Å²) in [5, 5.41) is 2.34. The second-order valence-electron chi connectivity index (χ2n) is 13.9. The maximum Gasteiger partial charge on any atom is 0.411 e. The highest BCUT2D eigenvalue weighted by Gasteiger charge is 2.65. The van der Waals surface area contributed by atoms with Crippen LogP contribution >= 0.6 is 11.6 Å². The molecule has 2 amide bonds. The topological polar surface area (TPSA) is 146 Å². The maximum atomic E-state index is 15.1. The Morgan fingerprint density at radius 2 is 1.86 bits per heavy atom. The first-order valence-electron chi connectivity index (χ1n) is 16.1. The van der Waals surface area contributed by atoms with E-state index in [0.29, 0.717) is 21.7 Å². The highest BCUT2D eigenvalue weighted by molar-refractivity contribution is 6.31. The Kier molecular flexibility index (Phi) is 9.06. The number of guanidine groups is 1. The smallest absolute Gasteiger partial charge is 0.411 e. The molecule has 264 valence electrons. The van der Waals surface area contributed by atoms with E-state index in [0.717, 1.165) is 11.3 Å². The van der Waals surface area contributed by atoms with Gasteiger partial charge in [0.1, 0.15) is 18.3 Å². The van der Waals surface area contributed by atoms with E-state index in [2.05, 4.69) is 20.8 Å². The molecule has 11 nitrogen and oxygen atoms in total. The molecule has 2 aliphatic heterocycles. The third kappa shape index (κ3) is 6.37. The molecule has 3 heterocycles. The number of rotatable bonds is 9. The van der Waals surface area contributed by atoms with Crippen LogP contribution in [0.15, 0.2) is 76.8 Å². The van der Waals surface area contributed by atoms with E-state index < -0.39 is 59.4 Å². The van der Waals surface area contributed by atoms with Gasteiger partial charge in [-0.3, -0.25) is 14.7 Å². The van der Waals surface area contributed by atoms with Crippen LogP contribution in [0.2, 0.25) is 5.02 Å². The van der Waals surface area contributed by atoms with E-state index in [1.54, 1.807) is 24.4 Å². The van der Waals surface area contributed by atoms with Crippen molar-refractivity contribution in [3.05, 3.63) is 88.6 Å². The van der Waals surface area contributed by atoms with Crippen LogP contribution in [0.25, 0.3) is 11.3 Å². The number of hydrogen-bond acceptors (Lipinski definition) is 9. The number of amides is 2. The van der Waals surface area contributed by atoms with Gasteiger partial charge < -0.3 is 21.2 Å². The molecule has 15 heteroatoms. The highest BCUT2D eigenvalue weighted by Crippen LogP contribution is 2.50. The number of hydrazine groups is 1. The summed E-state index contributed by atoms with van der Waals surface area (Å²) in [5.74, 6) is -1.04. The third-order valence-corrected chi connectivity index (χ3v) is 10.2. The Labute approximate surface area is 292 Å². The Hall–Kier alpha value is -4.69. The lowest BCUT2D eigenvalue weighted by molar-refractivity contribution is -0.164. The van der Waals surface area contributed by atoms with E-state index in [4.69, 9.17) is 27.1 Å². The lowest BCUT2D eigenvalue weighted by Gasteiger charge is -2.40. The van der Waals surface area contributed by atoms with Crippen LogP contribution in [-0.2, 0) is 15.1 Å². The second-order valence-corrected chi connectivity index (χ2v) is 14.3. The van der Waals surface area contributed by atoms with Crippen LogP contribution < -0.4 is 21.9 Å². The fraction of sp³-hybridized carbons (Fsp3) is 0.400. The van der Waals surface area contributed by atoms with Crippen molar-refractivity contribution in [2.75, 3.05) is 6.61 Å². The molecular formula is C35H38ClF3N8O3. The molecule has 1 fully saturated rings. The van der Waals surface area contributed by atoms with Crippen molar-refractivity contribution in [2.24, 2.45) is 27.1 Å². The monoisotopic (exact) mass is 710 g/mol. The van der Waals surface area contributed by atoms with Crippen LogP contribution in [0.5, 0.6) is 0 Å². The van der Waals surface area contributed by atoms with Crippen LogP contribution in [0, 0.1) is 11.3 Å². The zero-order chi connectivity index (χ0) is 36.1. The fourth-order valence-corrected chi connectivity index (χ4v) is 6.58. The molecule has 50 heavy (non-hydrogen) atoms. The van der Waals surface area contributed by atoms with E-state index in [-0.39, 0.29) is 18.8 Å². The van der Waals surface area contributed by atoms with Crippen molar-refractivity contribution >= 4 is 35.9 Å². The summed E-state index contributed by atoms with van der Waals surface area (Å²) in [6, 6.07) is 16.8. The van der Waals surface area contributed by atoms with Crippen LogP contribution in [0.1, 0.15) is 69.4 Å². The zero-order valence-electron chi connectivity index (χ0n) is 27.9. The Morgan fingerprint density at radius 3 is 2.44 bits per heavy atom. The number of nitrogens with one attached hydrogen (secondary N) is 3. The van der Waals surface area contributed by atoms with E-state index in [1.807, 2.05) is 75.5 Å². The third-order valence-electron chi connectivity index (χ3n) is 9.82. The van der Waals surface area contributed by atoms with Gasteiger partial charge in [-0.25, -0.2) is 20.2 Å². The van der Waals surface area contributed by atoms with Crippen LogP contribution in [-0.4, -0.2) is 52.5 Å². The van der Waals surface area contributed by atoms with Gasteiger partial charge in [-0.15, -0.1) is 0 Å². The maximum absolute atomic E-state index is 15.1. The number of hydrogen-bond donors (Lipinski definition) is 4. The lowest BCUT2D eigenvalue weighted by atomic mass is 9.66. The molecule has 5 N–H and O–H groups in total. The molecule has 2 aromatic carbocycles. The predicted molar refractivity (Wildman–Crippen MR) is 183 cm³/mol. The zero-order valence-corrected chi connectivity index (χ0v) is 28.6. The van der Waals surface area contributed by atoms with Crippen LogP contribution in [0.4, 0.5) is 18.0 Å². The fourth-order valence-electron chi connectivity index (χ4n) is 6.36. The molecule has 0 radical (unpaired) electrons. The molecule has 2 unspecified atom stereocenters. The van der Waals surface area contributed by atoms with E-state index >= 15 is 4.79 Å². The largest absolute Gasteiger partial charge is 0.447 e. The molecule has 0 spiro atoms. The second kappa shape index (κ2) is 12.9. The molecule has 6 rings (SSSR count). The number of aliphatic imine (C=N–C) groups is 2. The minimum absolute atomic E-state index is 0.141. The predicted octanol–water partition coefficient (Wildman–Crippen LogP) is 6.13. The summed E-state index contributed by atoms with van der Waals surface area (Å²) >= 11 is 6.54. The number of benzene rings is 2. The van der Waals surface area contributed by atoms with Crippen LogP contribution in [0.3, 0.4) is 0 Å². The van der Waals surface area contributed by atoms with Gasteiger partial charge in [0.25, 0.3) is 5.91 Å². The Balaban J connectivity index is 1.40. The normalized spacial score (nSPS) is 22.5. The SMILES string of the molecule is CC(C(C)(C)C)[C@]1(c2ccc(-c3ccccn3)cc2)N=C(N)N([C@H](COC(=O)NC2(C(F)(F)F)CC2)c2ccc(Cl)c(C3N=CNN3)c2)C1=O. The number of aromatic nitrogens is 1. The van der Waals surface area contributed by atoms with E-state index in [9.17, 15) is 18.0 Å². The summed E-state index contributed by atoms with van der Waals surface area (Å²) in [5.41, 5.74) is 11.3. The van der Waals surface area contributed by atoms with Gasteiger partial charge >= 0.3 is 12.3 Å². The Morgan fingerprint density at radius 1 is 1.14 bits per heavy atom. The number of carbonyl (C=O) groups is 2. The summed E-state index contributed by atoms with van der Waals surface area (Å²) in [4.78, 5) is 42.8. The first-order valence-corrected chi connectivity index (χ1v) is 16.5. The summed E-state index contributed by atoms with van der Waals surface area (Å²) in [6.07, 6.45) is -3.85. The average molecular weight is 711 g/mol. The molecule has 3 aliphatic rings. The van der Waals surface area contributed by atoms with Gasteiger partial charge in [-0.2, -0.15) is 13.2 Å². The van der Waals surface area contributed by atoms with Gasteiger partial charge in [0.15, 0.2) is 11.5 Å². The molecule has 1 saturated carbocycles. The molecule has 0 bridgehead atoms. The van der Waals surface area contributed by atoms with Gasteiger partial charge in [-0.1, -0.05) is 75.7 Å². The summed E-state index contributed by atoms with van der Waals surface area (Å²) < 4.78 is 46.4. The number of carbonyl (C=O) groups excluding carboxylic acids is 2. The number of halogens is 4. The quantitative estimate of drug-likeness (QED) is 0.209. The van der Waals surface area contributed by atoms with Gasteiger partial charge in [0, 0.05) is 22.3 Å². The van der Waals surface area contributed by atoms with Crippen molar-refractivity contribution in [1.82, 2.24) is 26.1 Å². The first-order chi connectivity index (χ1) is 23.6. The van der Waals surface area contributed by atoms with Crippen molar-refractivity contribution in [2.45, 2.75) is 70.0 Å². The number of nitrogens with two attached hydrogens (primary N) is 1. The number of nitrogens with zero attached hydrogens (tertiary/aromatic N) is 4. The molecule has 0 saturated heterocycles. The standard InChI is InChI=1S/C35H38ClF3N8O3/c1-20(32(2,3)4)34(23-11-8-21(9-12-23)26-7-5-6-16-41-26)29(48)47(30(40)44-34)27(18-50-31(49)45-33(14-15-33)35(37,38)39)22-10-13-25(36)24(17-22)28-42-19-43-46-28/h5-13,16-17,19-20,27-28,46H,14-15,18H2,1-4H3,(H2,40,44)(H,42,43)(H,45,49)/t20?,27-,28?,34-/m1/s1. The van der Waals surface area contributed by atoms with Gasteiger partial charge in [-0.05, 0) is 59.6 Å². The van der Waals surface area contributed by atoms with Gasteiger partial charge in [0.2, 0.25) is 0 Å². The minimum Gasteiger partial charge on any atom is -0.447 e. The first kappa shape index (κ1) is 35.1. The molecule has 4 atom stereocenters. The summed E-state index contributed by atoms with van der Waals surface area (Å²) in [6.45, 7) is 7.37. The summed E-state index contributed by atoms with van der Waals surface area (Å²) in [7, 11) is 0. The van der Waals surface area contributed by atoms with Gasteiger partial charge in [0.05, 0.1) is 18.1 Å². The number of alkyl halides is 3. The lowest BCUT2D eigenvalue weighted by Crippen LogP contribution is -2.51. The number of pyridine rings is 1. The minimum atomic E-state index is -4.64. The molecular weight excluding hydrogens is 673 g/mol. The average Bonchev–Trinajstić information content (AvgIpc) is 3.57. The van der Waals surface area contributed by atoms with Crippen molar-refractivity contribution in [1.29, 1.82) is 0 Å². The molecule has 1 aliphatic carbocycles. The molecule has 1 aromatic heterocycles. The van der Waals surface area contributed by atoms with Crippen molar-refractivity contribution < 1.29 is 27.5 Å². The number of alkyl carbamates (subject to hydrolysis) is 1.